The second kappa shape index (κ2) is 4.51. The molecular formula is C7H15INO-. The van der Waals surface area contributed by atoms with Gasteiger partial charge in [-0.15, -0.1) is 0 Å². The molecule has 0 spiro atoms. The summed E-state index contributed by atoms with van der Waals surface area (Å²) in [6, 6.07) is 0. The summed E-state index contributed by atoms with van der Waals surface area (Å²) in [6.45, 7) is 3.01. The molecule has 62 valence electrons. The van der Waals surface area contributed by atoms with Crippen LogP contribution in [0.2, 0.25) is 0 Å². The van der Waals surface area contributed by atoms with Gasteiger partial charge in [-0.05, 0) is 0 Å². The zero-order chi connectivity index (χ0) is 7.40. The van der Waals surface area contributed by atoms with Crippen molar-refractivity contribution in [1.29, 1.82) is 0 Å². The van der Waals surface area contributed by atoms with Crippen molar-refractivity contribution in [3.05, 3.63) is 0 Å². The zero-order valence-corrected chi connectivity index (χ0v) is 8.80. The van der Waals surface area contributed by atoms with Crippen LogP contribution in [0.25, 0.3) is 0 Å². The second-order valence-corrected chi connectivity index (χ2v) is 6.31. The molecule has 2 nitrogen and oxygen atoms in total. The second-order valence-electron chi connectivity index (χ2n) is 2.78. The summed E-state index contributed by atoms with van der Waals surface area (Å²) in [7, 11) is 4.15. The minimum absolute atomic E-state index is 0.602. The molecule has 10 heavy (non-hydrogen) atoms. The van der Waals surface area contributed by atoms with Crippen molar-refractivity contribution in [2.75, 3.05) is 38.3 Å². The number of halogens is 1. The molecule has 3 heteroatoms. The van der Waals surface area contributed by atoms with Crippen molar-refractivity contribution in [1.82, 2.24) is 4.90 Å². The minimum atomic E-state index is 0.602. The molecule has 0 aromatic rings. The first-order valence-electron chi connectivity index (χ1n) is 3.59. The van der Waals surface area contributed by atoms with E-state index in [4.69, 9.17) is 4.74 Å². The number of likely N-dealkylation sites (N-methyl/N-ethyl adjacent to an activating group) is 1. The van der Waals surface area contributed by atoms with Crippen molar-refractivity contribution in [3.63, 3.8) is 0 Å². The van der Waals surface area contributed by atoms with Gasteiger partial charge in [0.2, 0.25) is 0 Å². The van der Waals surface area contributed by atoms with E-state index in [1.165, 1.54) is 4.43 Å². The van der Waals surface area contributed by atoms with Crippen LogP contribution in [-0.4, -0.2) is 47.1 Å². The maximum atomic E-state index is 5.45. The Balaban J connectivity index is 1.76. The third-order valence-corrected chi connectivity index (χ3v) is 3.84. The summed E-state index contributed by atoms with van der Waals surface area (Å²) in [5.41, 5.74) is 0. The fourth-order valence-electron chi connectivity index (χ4n) is 0.610. The van der Waals surface area contributed by atoms with E-state index in [0.717, 1.165) is 23.7 Å². The Labute approximate surface area is 73.2 Å². The summed E-state index contributed by atoms with van der Waals surface area (Å²) in [5, 5.41) is 0. The maximum absolute atomic E-state index is 5.45. The summed E-state index contributed by atoms with van der Waals surface area (Å²) >= 11 is 0.602. The van der Waals surface area contributed by atoms with Crippen LogP contribution < -0.4 is 21.2 Å². The number of hydrogen-bond acceptors (Lipinski definition) is 2. The molecule has 0 radical (unpaired) electrons. The van der Waals surface area contributed by atoms with Gasteiger partial charge in [-0.3, -0.25) is 0 Å². The standard InChI is InChI=1S/C7H15INO/c1-9(2)3-4-10-6-7-5-8-7/h7H,3-6H2,1-2H3/q-1. The fourth-order valence-corrected chi connectivity index (χ4v) is 1.73. The topological polar surface area (TPSA) is 12.5 Å². The number of rotatable bonds is 5. The van der Waals surface area contributed by atoms with Crippen LogP contribution in [0.1, 0.15) is 0 Å². The molecule has 0 amide bonds. The van der Waals surface area contributed by atoms with Crippen molar-refractivity contribution in [3.8, 4) is 0 Å². The molecule has 0 aromatic carbocycles. The summed E-state index contributed by atoms with van der Waals surface area (Å²) < 4.78 is 7.97. The van der Waals surface area contributed by atoms with Gasteiger partial charge < -0.3 is 0 Å². The first-order chi connectivity index (χ1) is 4.79. The van der Waals surface area contributed by atoms with Crippen molar-refractivity contribution >= 4 is 0 Å². The number of hydrogen-bond donors (Lipinski definition) is 0. The SMILES string of the molecule is CN(C)CCOCC1C[I-]1. The average molecular weight is 256 g/mol. The van der Waals surface area contributed by atoms with Gasteiger partial charge in [0.25, 0.3) is 0 Å². The van der Waals surface area contributed by atoms with Crippen LogP contribution in [0, 0.1) is 0 Å². The van der Waals surface area contributed by atoms with E-state index in [2.05, 4.69) is 19.0 Å². The van der Waals surface area contributed by atoms with Gasteiger partial charge >= 0.3 is 73.0 Å². The Kier molecular flexibility index (Phi) is 3.95. The molecule has 1 heterocycles. The van der Waals surface area contributed by atoms with Crippen molar-refractivity contribution in [2.24, 2.45) is 0 Å². The van der Waals surface area contributed by atoms with Crippen LogP contribution in [0.4, 0.5) is 0 Å². The Bertz CT molecular complexity index is 89.6. The number of nitrogens with zero attached hydrogens (tertiary/aromatic N) is 1. The van der Waals surface area contributed by atoms with Crippen LogP contribution >= 0.6 is 0 Å². The van der Waals surface area contributed by atoms with Crippen LogP contribution in [0.5, 0.6) is 0 Å². The van der Waals surface area contributed by atoms with E-state index in [1.54, 1.807) is 0 Å². The normalized spacial score (nSPS) is 24.5. The van der Waals surface area contributed by atoms with Crippen molar-refractivity contribution in [2.45, 2.75) is 3.92 Å². The Morgan fingerprint density at radius 2 is 2.30 bits per heavy atom. The first kappa shape index (κ1) is 8.74. The Morgan fingerprint density at radius 1 is 1.60 bits per heavy atom. The summed E-state index contributed by atoms with van der Waals surface area (Å²) in [4.78, 5) is 2.15. The van der Waals surface area contributed by atoms with Gasteiger partial charge in [0.05, 0.1) is 0 Å². The molecule has 0 saturated carbocycles. The molecule has 1 fully saturated rings. The molecule has 1 rings (SSSR count). The molecular weight excluding hydrogens is 241 g/mol. The van der Waals surface area contributed by atoms with E-state index < -0.39 is 0 Å². The van der Waals surface area contributed by atoms with Gasteiger partial charge in [-0.25, -0.2) is 0 Å². The summed E-state index contributed by atoms with van der Waals surface area (Å²) in [5.74, 6) is 0. The van der Waals surface area contributed by atoms with E-state index in [-0.39, 0.29) is 0 Å². The predicted octanol–water partition coefficient (Wildman–Crippen LogP) is -2.96. The Hall–Kier alpha value is 0.650. The third-order valence-electron chi connectivity index (χ3n) is 1.35. The van der Waals surface area contributed by atoms with Gasteiger partial charge in [0.1, 0.15) is 0 Å². The van der Waals surface area contributed by atoms with Crippen molar-refractivity contribution < 1.29 is 25.9 Å². The molecule has 0 aliphatic carbocycles. The third kappa shape index (κ3) is 4.46. The number of alkyl halides is 2. The molecule has 1 aliphatic rings. The molecule has 0 bridgehead atoms. The van der Waals surface area contributed by atoms with Gasteiger partial charge in [-0.1, -0.05) is 0 Å². The first-order valence-corrected chi connectivity index (χ1v) is 6.36. The fraction of sp³-hybridized carbons (Fsp3) is 1.00. The van der Waals surface area contributed by atoms with E-state index in [1.807, 2.05) is 0 Å². The number of ether oxygens (including phenoxy) is 1. The molecule has 1 aliphatic heterocycles. The zero-order valence-electron chi connectivity index (χ0n) is 6.64. The van der Waals surface area contributed by atoms with Gasteiger partial charge in [-0.2, -0.15) is 0 Å². The molecule has 0 N–H and O–H groups in total. The average Bonchev–Trinajstić information content (AvgIpc) is 2.62. The predicted molar refractivity (Wildman–Crippen MR) is 38.0 cm³/mol. The van der Waals surface area contributed by atoms with Gasteiger partial charge in [0, 0.05) is 0 Å². The van der Waals surface area contributed by atoms with Crippen LogP contribution in [-0.2, 0) is 4.74 Å². The van der Waals surface area contributed by atoms with E-state index in [0.29, 0.717) is 21.2 Å². The quantitative estimate of drug-likeness (QED) is 0.296. The van der Waals surface area contributed by atoms with E-state index >= 15 is 0 Å². The molecule has 1 saturated heterocycles. The van der Waals surface area contributed by atoms with Gasteiger partial charge in [0.15, 0.2) is 0 Å². The molecule has 1 atom stereocenters. The monoisotopic (exact) mass is 256 g/mol. The summed E-state index contributed by atoms with van der Waals surface area (Å²) in [6.07, 6.45) is 0. The van der Waals surface area contributed by atoms with E-state index in [9.17, 15) is 0 Å². The van der Waals surface area contributed by atoms with Crippen LogP contribution in [0.3, 0.4) is 0 Å². The van der Waals surface area contributed by atoms with Crippen LogP contribution in [0.15, 0.2) is 0 Å². The molecule has 1 unspecified atom stereocenters. The molecule has 0 aromatic heterocycles. The Morgan fingerprint density at radius 3 is 2.80 bits per heavy atom.